The van der Waals surface area contributed by atoms with Gasteiger partial charge in [0.2, 0.25) is 0 Å². The number of aromatic nitrogens is 1. The van der Waals surface area contributed by atoms with Gasteiger partial charge in [0, 0.05) is 44.1 Å². The Kier molecular flexibility index (Phi) is 5.21. The summed E-state index contributed by atoms with van der Waals surface area (Å²) in [7, 11) is 3.76. The van der Waals surface area contributed by atoms with Crippen LogP contribution in [0.5, 0.6) is 0 Å². The number of nitrogens with one attached hydrogen (secondary N) is 1. The number of nitrogens with zero attached hydrogens (tertiary/aromatic N) is 2. The van der Waals surface area contributed by atoms with Crippen molar-refractivity contribution in [3.8, 4) is 0 Å². The van der Waals surface area contributed by atoms with E-state index in [0.717, 1.165) is 5.69 Å². The fourth-order valence-corrected chi connectivity index (χ4v) is 2.52. The number of anilines is 1. The first kappa shape index (κ1) is 16.8. The van der Waals surface area contributed by atoms with E-state index in [0.29, 0.717) is 17.8 Å². The predicted molar refractivity (Wildman–Crippen MR) is 92.1 cm³/mol. The molecule has 1 aromatic carbocycles. The lowest BCUT2D eigenvalue weighted by Gasteiger charge is -2.24. The monoisotopic (exact) mass is 313 g/mol. The van der Waals surface area contributed by atoms with E-state index in [9.17, 15) is 9.59 Å². The van der Waals surface area contributed by atoms with Crippen molar-refractivity contribution in [2.75, 3.05) is 18.5 Å². The molecule has 23 heavy (non-hydrogen) atoms. The first-order valence-electron chi connectivity index (χ1n) is 7.63. The van der Waals surface area contributed by atoms with Gasteiger partial charge in [0.15, 0.2) is 5.78 Å². The Labute approximate surface area is 136 Å². The second kappa shape index (κ2) is 7.13. The van der Waals surface area contributed by atoms with Crippen LogP contribution in [0.2, 0.25) is 0 Å². The number of carbonyl (C=O) groups excluding carboxylic acids is 2. The van der Waals surface area contributed by atoms with Crippen LogP contribution in [0.3, 0.4) is 0 Å². The zero-order chi connectivity index (χ0) is 17.0. The molecule has 5 heteroatoms. The molecule has 1 aromatic heterocycles. The lowest BCUT2D eigenvalue weighted by molar-refractivity contribution is 0.0932. The molecule has 0 aliphatic carbocycles. The van der Waals surface area contributed by atoms with Gasteiger partial charge in [-0.3, -0.25) is 9.59 Å². The van der Waals surface area contributed by atoms with Crippen molar-refractivity contribution in [1.82, 2.24) is 9.88 Å². The van der Waals surface area contributed by atoms with Gasteiger partial charge < -0.3 is 14.8 Å². The molecule has 0 fully saturated rings. The summed E-state index contributed by atoms with van der Waals surface area (Å²) in [4.78, 5) is 25.9. The van der Waals surface area contributed by atoms with Gasteiger partial charge in [0.1, 0.15) is 5.69 Å². The number of benzene rings is 1. The highest BCUT2D eigenvalue weighted by atomic mass is 16.2. The van der Waals surface area contributed by atoms with Gasteiger partial charge in [0.05, 0.1) is 0 Å². The van der Waals surface area contributed by atoms with E-state index in [1.807, 2.05) is 44.3 Å². The summed E-state index contributed by atoms with van der Waals surface area (Å²) in [5.74, 6) is -0.217. The molecule has 1 N–H and O–H groups in total. The molecule has 2 rings (SSSR count). The normalized spacial score (nSPS) is 11.8. The molecular weight excluding hydrogens is 290 g/mol. The summed E-state index contributed by atoms with van der Waals surface area (Å²) in [6, 6.07) is 11.6. The fourth-order valence-electron chi connectivity index (χ4n) is 2.52. The second-order valence-electron chi connectivity index (χ2n) is 5.87. The minimum Gasteiger partial charge on any atom is -0.373 e. The molecule has 1 atom stereocenters. The van der Waals surface area contributed by atoms with E-state index in [4.69, 9.17) is 0 Å². The van der Waals surface area contributed by atoms with Gasteiger partial charge in [0.25, 0.3) is 5.91 Å². The molecule has 0 spiro atoms. The largest absolute Gasteiger partial charge is 0.373 e. The molecule has 1 unspecified atom stereocenters. The summed E-state index contributed by atoms with van der Waals surface area (Å²) in [5, 5.41) is 2.98. The highest BCUT2D eigenvalue weighted by Gasteiger charge is 2.16. The van der Waals surface area contributed by atoms with Crippen molar-refractivity contribution in [2.45, 2.75) is 19.9 Å². The average molecular weight is 313 g/mol. The van der Waals surface area contributed by atoms with E-state index in [1.165, 1.54) is 6.92 Å². The number of hydrogen-bond acceptors (Lipinski definition) is 3. The Balaban J connectivity index is 1.98. The molecule has 2 aromatic rings. The standard InChI is InChI=1S/C18H23N3O2/c1-13(11-20(3)16-8-6-5-7-9-16)19-18(23)17-10-15(14(2)22)12-21(17)4/h5-10,12-13H,11H2,1-4H3,(H,19,23). The molecule has 0 saturated heterocycles. The van der Waals surface area contributed by atoms with Crippen LogP contribution in [0, 0.1) is 0 Å². The van der Waals surface area contributed by atoms with Crippen LogP contribution in [0.25, 0.3) is 0 Å². The smallest absolute Gasteiger partial charge is 0.268 e. The third-order valence-electron chi connectivity index (χ3n) is 3.77. The summed E-state index contributed by atoms with van der Waals surface area (Å²) in [6.07, 6.45) is 1.68. The number of para-hydroxylation sites is 1. The highest BCUT2D eigenvalue weighted by Crippen LogP contribution is 2.12. The number of rotatable bonds is 6. The average Bonchev–Trinajstić information content (AvgIpc) is 2.90. The maximum atomic E-state index is 12.4. The number of aryl methyl sites for hydroxylation is 1. The molecule has 1 amide bonds. The van der Waals surface area contributed by atoms with Crippen LogP contribution >= 0.6 is 0 Å². The van der Waals surface area contributed by atoms with Crippen molar-refractivity contribution in [2.24, 2.45) is 7.05 Å². The number of carbonyl (C=O) groups is 2. The van der Waals surface area contributed by atoms with Gasteiger partial charge in [-0.1, -0.05) is 18.2 Å². The molecule has 0 saturated carbocycles. The van der Waals surface area contributed by atoms with Crippen molar-refractivity contribution >= 4 is 17.4 Å². The number of hydrogen-bond donors (Lipinski definition) is 1. The second-order valence-corrected chi connectivity index (χ2v) is 5.87. The number of Topliss-reactive ketones (excluding diaryl/α,β-unsaturated/α-hetero) is 1. The van der Waals surface area contributed by atoms with E-state index in [2.05, 4.69) is 10.2 Å². The Bertz CT molecular complexity index is 692. The van der Waals surface area contributed by atoms with Crippen molar-refractivity contribution in [1.29, 1.82) is 0 Å². The minimum absolute atomic E-state index is 0.0246. The Morgan fingerprint density at radius 2 is 1.91 bits per heavy atom. The van der Waals surface area contributed by atoms with Gasteiger partial charge in [-0.15, -0.1) is 0 Å². The highest BCUT2D eigenvalue weighted by molar-refractivity contribution is 5.99. The fraction of sp³-hybridized carbons (Fsp3) is 0.333. The zero-order valence-electron chi connectivity index (χ0n) is 14.0. The summed E-state index contributed by atoms with van der Waals surface area (Å²) >= 11 is 0. The number of likely N-dealkylation sites (N-methyl/N-ethyl adjacent to an activating group) is 1. The van der Waals surface area contributed by atoms with Crippen molar-refractivity contribution < 1.29 is 9.59 Å². The van der Waals surface area contributed by atoms with E-state index in [-0.39, 0.29) is 17.7 Å². The number of amides is 1. The molecular formula is C18H23N3O2. The van der Waals surface area contributed by atoms with Crippen LogP contribution in [0.4, 0.5) is 5.69 Å². The summed E-state index contributed by atoms with van der Waals surface area (Å²) in [6.45, 7) is 4.15. The van der Waals surface area contributed by atoms with E-state index in [1.54, 1.807) is 23.9 Å². The molecule has 5 nitrogen and oxygen atoms in total. The van der Waals surface area contributed by atoms with Crippen LogP contribution < -0.4 is 10.2 Å². The Hall–Kier alpha value is -2.56. The maximum Gasteiger partial charge on any atom is 0.268 e. The molecule has 0 aliphatic heterocycles. The van der Waals surface area contributed by atoms with E-state index >= 15 is 0 Å². The van der Waals surface area contributed by atoms with Crippen molar-refractivity contribution in [3.63, 3.8) is 0 Å². The number of ketones is 1. The predicted octanol–water partition coefficient (Wildman–Crippen LogP) is 2.48. The topological polar surface area (TPSA) is 54.3 Å². The van der Waals surface area contributed by atoms with Gasteiger partial charge >= 0.3 is 0 Å². The van der Waals surface area contributed by atoms with Crippen LogP contribution in [0.1, 0.15) is 34.7 Å². The van der Waals surface area contributed by atoms with Gasteiger partial charge in [-0.25, -0.2) is 0 Å². The first-order chi connectivity index (χ1) is 10.9. The Morgan fingerprint density at radius 1 is 1.26 bits per heavy atom. The summed E-state index contributed by atoms with van der Waals surface area (Å²) < 4.78 is 1.68. The van der Waals surface area contributed by atoms with Crippen LogP contribution in [0.15, 0.2) is 42.6 Å². The zero-order valence-corrected chi connectivity index (χ0v) is 14.0. The third-order valence-corrected chi connectivity index (χ3v) is 3.77. The van der Waals surface area contributed by atoms with Crippen LogP contribution in [-0.4, -0.2) is 35.9 Å². The molecule has 122 valence electrons. The molecule has 1 heterocycles. The lowest BCUT2D eigenvalue weighted by atomic mass is 10.2. The van der Waals surface area contributed by atoms with E-state index < -0.39 is 0 Å². The quantitative estimate of drug-likeness (QED) is 0.834. The molecule has 0 aliphatic rings. The Morgan fingerprint density at radius 3 is 2.48 bits per heavy atom. The first-order valence-corrected chi connectivity index (χ1v) is 7.63. The third kappa shape index (κ3) is 4.22. The van der Waals surface area contributed by atoms with Gasteiger partial charge in [-0.2, -0.15) is 0 Å². The van der Waals surface area contributed by atoms with Gasteiger partial charge in [-0.05, 0) is 32.0 Å². The minimum atomic E-state index is -0.172. The van der Waals surface area contributed by atoms with Crippen LogP contribution in [-0.2, 0) is 7.05 Å². The molecule has 0 bridgehead atoms. The maximum absolute atomic E-state index is 12.4. The van der Waals surface area contributed by atoms with Crippen molar-refractivity contribution in [3.05, 3.63) is 53.9 Å². The summed E-state index contributed by atoms with van der Waals surface area (Å²) in [5.41, 5.74) is 2.14. The SMILES string of the molecule is CC(=O)c1cc(C(=O)NC(C)CN(C)c2ccccc2)n(C)c1. The molecule has 0 radical (unpaired) electrons. The lowest BCUT2D eigenvalue weighted by Crippen LogP contribution is -2.41.